The van der Waals surface area contributed by atoms with Crippen molar-refractivity contribution in [2.75, 3.05) is 12.8 Å². The molecule has 1 atom stereocenters. The number of pyridine rings is 1. The van der Waals surface area contributed by atoms with E-state index in [4.69, 9.17) is 9.72 Å². The number of ether oxygens (including phenoxy) is 1. The summed E-state index contributed by atoms with van der Waals surface area (Å²) in [6, 6.07) is 15.7. The molecule has 0 aliphatic carbocycles. The number of nitrogens with one attached hydrogen (secondary N) is 1. The number of carbonyl (C=O) groups excluding carboxylic acids is 1. The molecule has 3 heterocycles. The lowest BCUT2D eigenvalue weighted by atomic mass is 10.0. The summed E-state index contributed by atoms with van der Waals surface area (Å²) in [6.45, 7) is 2.28. The standard InChI is InChI=1S/C25H24N4O4S/c1-16(30)29-13-5-7-23(29)19-14-21-22(28-25(27-21)20-6-3-4-12-26-20)15-24(19)33-17-8-10-18(11-9-17)34(2,31)32/h3-4,6,8-12,14-15,23H,5,7,13H2,1-2H3,(H,27,28). The molecule has 1 unspecified atom stereocenters. The number of hydrogen-bond donors (Lipinski definition) is 1. The largest absolute Gasteiger partial charge is 0.457 e. The Morgan fingerprint density at radius 1 is 1.15 bits per heavy atom. The molecular formula is C25H24N4O4S. The number of nitrogens with zero attached hydrogens (tertiary/aromatic N) is 3. The minimum atomic E-state index is -3.30. The highest BCUT2D eigenvalue weighted by Crippen LogP contribution is 2.41. The third kappa shape index (κ3) is 4.26. The average molecular weight is 477 g/mol. The molecule has 8 nitrogen and oxygen atoms in total. The van der Waals surface area contributed by atoms with E-state index in [2.05, 4.69) is 9.97 Å². The van der Waals surface area contributed by atoms with Crippen LogP contribution in [0.4, 0.5) is 0 Å². The molecule has 1 N–H and O–H groups in total. The maximum absolute atomic E-state index is 12.3. The Labute approximate surface area is 197 Å². The first-order valence-electron chi connectivity index (χ1n) is 11.0. The van der Waals surface area contributed by atoms with Crippen LogP contribution in [0.3, 0.4) is 0 Å². The van der Waals surface area contributed by atoms with Gasteiger partial charge in [-0.3, -0.25) is 9.78 Å². The molecule has 1 aliphatic rings. The Kier molecular flexibility index (Phi) is 5.57. The number of aromatic amines is 1. The topological polar surface area (TPSA) is 105 Å². The second-order valence-electron chi connectivity index (χ2n) is 8.42. The summed E-state index contributed by atoms with van der Waals surface area (Å²) < 4.78 is 29.8. The number of H-pyrrole nitrogens is 1. The van der Waals surface area contributed by atoms with Crippen molar-refractivity contribution < 1.29 is 17.9 Å². The molecule has 2 aromatic heterocycles. The maximum atomic E-state index is 12.3. The van der Waals surface area contributed by atoms with Gasteiger partial charge in [0.25, 0.3) is 0 Å². The summed E-state index contributed by atoms with van der Waals surface area (Å²) in [5, 5.41) is 0. The average Bonchev–Trinajstić information content (AvgIpc) is 3.46. The normalized spacial score (nSPS) is 16.2. The number of carbonyl (C=O) groups is 1. The van der Waals surface area contributed by atoms with Crippen LogP contribution in [0.2, 0.25) is 0 Å². The van der Waals surface area contributed by atoms with Crippen molar-refractivity contribution in [3.8, 4) is 23.0 Å². The summed E-state index contributed by atoms with van der Waals surface area (Å²) in [7, 11) is -3.30. The minimum absolute atomic E-state index is 0.0184. The number of amides is 1. The molecule has 174 valence electrons. The van der Waals surface area contributed by atoms with E-state index in [1.54, 1.807) is 25.3 Å². The van der Waals surface area contributed by atoms with Crippen LogP contribution in [-0.4, -0.2) is 47.0 Å². The smallest absolute Gasteiger partial charge is 0.219 e. The number of likely N-dealkylation sites (tertiary alicyclic amines) is 1. The molecule has 0 saturated carbocycles. The SMILES string of the molecule is CC(=O)N1CCCC1c1cc2[nH]c(-c3ccccn3)nc2cc1Oc1ccc(S(C)(=O)=O)cc1. The number of benzene rings is 2. The van der Waals surface area contributed by atoms with E-state index in [0.29, 0.717) is 29.4 Å². The van der Waals surface area contributed by atoms with Crippen LogP contribution in [0.1, 0.15) is 31.4 Å². The van der Waals surface area contributed by atoms with E-state index in [1.165, 1.54) is 18.4 Å². The first-order valence-corrected chi connectivity index (χ1v) is 12.9. The lowest BCUT2D eigenvalue weighted by molar-refractivity contribution is -0.129. The van der Waals surface area contributed by atoms with Gasteiger partial charge in [-0.15, -0.1) is 0 Å². The summed E-state index contributed by atoms with van der Waals surface area (Å²) in [6.07, 6.45) is 4.62. The Balaban J connectivity index is 1.59. The van der Waals surface area contributed by atoms with Gasteiger partial charge in [-0.2, -0.15) is 0 Å². The van der Waals surface area contributed by atoms with E-state index in [9.17, 15) is 13.2 Å². The quantitative estimate of drug-likeness (QED) is 0.455. The second-order valence-corrected chi connectivity index (χ2v) is 10.4. The molecule has 0 spiro atoms. The first-order chi connectivity index (χ1) is 16.3. The maximum Gasteiger partial charge on any atom is 0.219 e. The molecule has 4 aromatic rings. The molecule has 9 heteroatoms. The van der Waals surface area contributed by atoms with Gasteiger partial charge in [0.15, 0.2) is 15.7 Å². The van der Waals surface area contributed by atoms with Crippen molar-refractivity contribution in [3.05, 3.63) is 66.4 Å². The highest BCUT2D eigenvalue weighted by atomic mass is 32.2. The van der Waals surface area contributed by atoms with E-state index in [-0.39, 0.29) is 16.8 Å². The van der Waals surface area contributed by atoms with Gasteiger partial charge >= 0.3 is 0 Å². The number of hydrogen-bond acceptors (Lipinski definition) is 6. The molecule has 5 rings (SSSR count). The van der Waals surface area contributed by atoms with E-state index >= 15 is 0 Å². The van der Waals surface area contributed by atoms with Crippen molar-refractivity contribution in [1.82, 2.24) is 19.9 Å². The zero-order valence-electron chi connectivity index (χ0n) is 18.9. The number of aromatic nitrogens is 3. The zero-order valence-corrected chi connectivity index (χ0v) is 19.7. The Bertz CT molecular complexity index is 1460. The van der Waals surface area contributed by atoms with Gasteiger partial charge in [0.2, 0.25) is 5.91 Å². The molecule has 2 aromatic carbocycles. The molecule has 0 radical (unpaired) electrons. The highest BCUT2D eigenvalue weighted by Gasteiger charge is 2.31. The van der Waals surface area contributed by atoms with Gasteiger partial charge < -0.3 is 14.6 Å². The molecule has 1 saturated heterocycles. The van der Waals surface area contributed by atoms with Crippen LogP contribution in [-0.2, 0) is 14.6 Å². The van der Waals surface area contributed by atoms with Crippen LogP contribution in [0.25, 0.3) is 22.6 Å². The lowest BCUT2D eigenvalue weighted by Crippen LogP contribution is -2.28. The third-order valence-electron chi connectivity index (χ3n) is 6.02. The number of rotatable bonds is 5. The molecule has 1 aliphatic heterocycles. The predicted octanol–water partition coefficient (Wildman–Crippen LogP) is 4.50. The monoisotopic (exact) mass is 476 g/mol. The Hall–Kier alpha value is -3.72. The van der Waals surface area contributed by atoms with Gasteiger partial charge in [0.1, 0.15) is 17.2 Å². The van der Waals surface area contributed by atoms with Gasteiger partial charge in [-0.1, -0.05) is 6.07 Å². The Morgan fingerprint density at radius 2 is 1.94 bits per heavy atom. The van der Waals surface area contributed by atoms with Gasteiger partial charge in [0.05, 0.1) is 22.0 Å². The third-order valence-corrected chi connectivity index (χ3v) is 7.15. The zero-order chi connectivity index (χ0) is 23.9. The molecule has 0 bridgehead atoms. The summed E-state index contributed by atoms with van der Waals surface area (Å²) in [5.74, 6) is 1.74. The van der Waals surface area contributed by atoms with E-state index < -0.39 is 9.84 Å². The molecular weight excluding hydrogens is 452 g/mol. The van der Waals surface area contributed by atoms with Crippen molar-refractivity contribution >= 4 is 26.8 Å². The highest BCUT2D eigenvalue weighted by molar-refractivity contribution is 7.90. The fourth-order valence-corrected chi connectivity index (χ4v) is 5.01. The van der Waals surface area contributed by atoms with Gasteiger partial charge in [-0.05, 0) is 55.3 Å². The molecule has 1 fully saturated rings. The van der Waals surface area contributed by atoms with Crippen LogP contribution in [0, 0.1) is 0 Å². The predicted molar refractivity (Wildman–Crippen MR) is 128 cm³/mol. The van der Waals surface area contributed by atoms with E-state index in [1.807, 2.05) is 35.2 Å². The fourth-order valence-electron chi connectivity index (χ4n) is 4.38. The van der Waals surface area contributed by atoms with Crippen LogP contribution in [0.15, 0.2) is 65.7 Å². The summed E-state index contributed by atoms with van der Waals surface area (Å²) >= 11 is 0. The van der Waals surface area contributed by atoms with Crippen molar-refractivity contribution in [3.63, 3.8) is 0 Å². The second kappa shape index (κ2) is 8.57. The van der Waals surface area contributed by atoms with Gasteiger partial charge in [-0.25, -0.2) is 13.4 Å². The number of fused-ring (bicyclic) bond motifs is 1. The first kappa shape index (κ1) is 22.1. The fraction of sp³-hybridized carbons (Fsp3) is 0.240. The summed E-state index contributed by atoms with van der Waals surface area (Å²) in [4.78, 5) is 26.8. The van der Waals surface area contributed by atoms with Crippen molar-refractivity contribution in [2.24, 2.45) is 0 Å². The molecule has 34 heavy (non-hydrogen) atoms. The van der Waals surface area contributed by atoms with Crippen molar-refractivity contribution in [2.45, 2.75) is 30.7 Å². The molecule has 1 amide bonds. The van der Waals surface area contributed by atoms with Crippen LogP contribution < -0.4 is 4.74 Å². The van der Waals surface area contributed by atoms with Crippen LogP contribution >= 0.6 is 0 Å². The van der Waals surface area contributed by atoms with Crippen molar-refractivity contribution in [1.29, 1.82) is 0 Å². The Morgan fingerprint density at radius 3 is 2.62 bits per heavy atom. The number of sulfone groups is 1. The van der Waals surface area contributed by atoms with Crippen LogP contribution in [0.5, 0.6) is 11.5 Å². The minimum Gasteiger partial charge on any atom is -0.457 e. The lowest BCUT2D eigenvalue weighted by Gasteiger charge is -2.25. The number of imidazole rings is 1. The summed E-state index contributed by atoms with van der Waals surface area (Å²) in [5.41, 5.74) is 3.14. The van der Waals surface area contributed by atoms with E-state index in [0.717, 1.165) is 29.6 Å². The van der Waals surface area contributed by atoms with Gasteiger partial charge in [0, 0.05) is 37.6 Å².